The summed E-state index contributed by atoms with van der Waals surface area (Å²) in [6.07, 6.45) is 6.41. The van der Waals surface area contributed by atoms with E-state index < -0.39 is 0 Å². The van der Waals surface area contributed by atoms with Crippen LogP contribution in [0, 0.1) is 6.92 Å². The lowest BCUT2D eigenvalue weighted by Gasteiger charge is -2.24. The second-order valence-electron chi connectivity index (χ2n) is 4.10. The summed E-state index contributed by atoms with van der Waals surface area (Å²) < 4.78 is 4.62. The van der Waals surface area contributed by atoms with Crippen LogP contribution in [-0.4, -0.2) is 26.4 Å². The standard InChI is InChI=1S/C11H20IN3S/c1-4-6-15(16-12)11(3)5-7-14-8-10(2)13-9-14/h8-9,11H,4-7H2,1-3H3/t11-/m0/s1. The Labute approximate surface area is 115 Å². The smallest absolute Gasteiger partial charge is 0.0949 e. The molecule has 0 saturated heterocycles. The minimum Gasteiger partial charge on any atom is -0.337 e. The van der Waals surface area contributed by atoms with E-state index >= 15 is 0 Å². The van der Waals surface area contributed by atoms with Gasteiger partial charge >= 0.3 is 0 Å². The maximum absolute atomic E-state index is 4.24. The fourth-order valence-corrected chi connectivity index (χ4v) is 3.87. The normalized spacial score (nSPS) is 13.3. The number of hydrogen-bond acceptors (Lipinski definition) is 3. The first-order chi connectivity index (χ1) is 7.67. The first-order valence-corrected chi connectivity index (χ1v) is 9.02. The molecular formula is C11H20IN3S. The molecule has 3 nitrogen and oxygen atoms in total. The molecule has 0 aromatic carbocycles. The zero-order chi connectivity index (χ0) is 12.0. The van der Waals surface area contributed by atoms with E-state index in [1.165, 1.54) is 12.8 Å². The van der Waals surface area contributed by atoms with Gasteiger partial charge in [0.05, 0.1) is 12.0 Å². The minimum atomic E-state index is 0.615. The average Bonchev–Trinajstić information content (AvgIpc) is 2.68. The SMILES string of the molecule is CCCN(SI)[C@@H](C)CCn1cnc(C)c1. The number of aryl methyl sites for hydroxylation is 2. The van der Waals surface area contributed by atoms with E-state index in [-0.39, 0.29) is 0 Å². The Hall–Kier alpha value is 0.250. The summed E-state index contributed by atoms with van der Waals surface area (Å²) in [6, 6.07) is 0.615. The van der Waals surface area contributed by atoms with Crippen LogP contribution in [-0.2, 0) is 6.54 Å². The summed E-state index contributed by atoms with van der Waals surface area (Å²) in [5, 5.41) is 0. The Bertz CT molecular complexity index is 303. The van der Waals surface area contributed by atoms with E-state index in [2.05, 4.69) is 55.1 Å². The predicted molar refractivity (Wildman–Crippen MR) is 79.7 cm³/mol. The zero-order valence-electron chi connectivity index (χ0n) is 10.2. The first kappa shape index (κ1) is 14.3. The molecule has 0 aliphatic heterocycles. The molecule has 0 radical (unpaired) electrons. The third kappa shape index (κ3) is 4.63. The van der Waals surface area contributed by atoms with Crippen LogP contribution in [0.3, 0.4) is 0 Å². The van der Waals surface area contributed by atoms with Crippen LogP contribution >= 0.6 is 30.3 Å². The fourth-order valence-electron chi connectivity index (χ4n) is 1.62. The second kappa shape index (κ2) is 7.55. The summed E-state index contributed by atoms with van der Waals surface area (Å²) in [5.74, 6) is 0. The van der Waals surface area contributed by atoms with Crippen LogP contribution in [0.25, 0.3) is 0 Å². The van der Waals surface area contributed by atoms with Gasteiger partial charge in [0.1, 0.15) is 0 Å². The van der Waals surface area contributed by atoms with Gasteiger partial charge in [-0.15, -0.1) is 0 Å². The molecule has 1 atom stereocenters. The quantitative estimate of drug-likeness (QED) is 0.551. The minimum absolute atomic E-state index is 0.615. The largest absolute Gasteiger partial charge is 0.337 e. The first-order valence-electron chi connectivity index (χ1n) is 5.71. The molecule has 0 bridgehead atoms. The Morgan fingerprint density at radius 2 is 2.38 bits per heavy atom. The van der Waals surface area contributed by atoms with Crippen LogP contribution in [0.4, 0.5) is 0 Å². The molecule has 1 heterocycles. The van der Waals surface area contributed by atoms with E-state index in [4.69, 9.17) is 0 Å². The Balaban J connectivity index is 2.36. The molecule has 0 fully saturated rings. The molecule has 1 aromatic heterocycles. The van der Waals surface area contributed by atoms with Crippen molar-refractivity contribution in [3.63, 3.8) is 0 Å². The van der Waals surface area contributed by atoms with Crippen LogP contribution in [0.2, 0.25) is 0 Å². The maximum Gasteiger partial charge on any atom is 0.0949 e. The topological polar surface area (TPSA) is 21.1 Å². The molecular weight excluding hydrogens is 333 g/mol. The highest BCUT2D eigenvalue weighted by Crippen LogP contribution is 2.23. The molecule has 0 saturated carbocycles. The van der Waals surface area contributed by atoms with E-state index in [1.54, 1.807) is 0 Å². The highest BCUT2D eigenvalue weighted by atomic mass is 127. The van der Waals surface area contributed by atoms with E-state index in [0.29, 0.717) is 6.04 Å². The van der Waals surface area contributed by atoms with Crippen LogP contribution < -0.4 is 0 Å². The highest BCUT2D eigenvalue weighted by Gasteiger charge is 2.12. The van der Waals surface area contributed by atoms with Crippen LogP contribution in [0.15, 0.2) is 12.5 Å². The zero-order valence-corrected chi connectivity index (χ0v) is 13.2. The summed E-state index contributed by atoms with van der Waals surface area (Å²) >= 11 is 2.37. The lowest BCUT2D eigenvalue weighted by molar-refractivity contribution is 0.344. The van der Waals surface area contributed by atoms with Gasteiger partial charge in [-0.3, -0.25) is 0 Å². The number of nitrogens with zero attached hydrogens (tertiary/aromatic N) is 3. The summed E-state index contributed by atoms with van der Waals surface area (Å²) in [6.45, 7) is 8.78. The van der Waals surface area contributed by atoms with Gasteiger partial charge in [-0.05, 0) is 35.8 Å². The average molecular weight is 353 g/mol. The van der Waals surface area contributed by atoms with Crippen molar-refractivity contribution in [1.82, 2.24) is 13.9 Å². The summed E-state index contributed by atoms with van der Waals surface area (Å²) in [4.78, 5) is 4.24. The van der Waals surface area contributed by atoms with Crippen molar-refractivity contribution in [2.45, 2.75) is 46.2 Å². The van der Waals surface area contributed by atoms with Crippen molar-refractivity contribution >= 4 is 30.3 Å². The van der Waals surface area contributed by atoms with Crippen molar-refractivity contribution in [2.75, 3.05) is 6.54 Å². The number of hydrogen-bond donors (Lipinski definition) is 0. The molecule has 5 heteroatoms. The fraction of sp³-hybridized carbons (Fsp3) is 0.727. The van der Waals surface area contributed by atoms with Gasteiger partial charge in [-0.2, -0.15) is 0 Å². The van der Waals surface area contributed by atoms with Gasteiger partial charge in [0.25, 0.3) is 0 Å². The van der Waals surface area contributed by atoms with Gasteiger partial charge < -0.3 is 4.57 Å². The van der Waals surface area contributed by atoms with Crippen molar-refractivity contribution < 1.29 is 0 Å². The van der Waals surface area contributed by atoms with Crippen molar-refractivity contribution in [3.05, 3.63) is 18.2 Å². The van der Waals surface area contributed by atoms with Crippen LogP contribution in [0.1, 0.15) is 32.4 Å². The number of aromatic nitrogens is 2. The molecule has 0 aliphatic carbocycles. The Morgan fingerprint density at radius 1 is 1.62 bits per heavy atom. The highest BCUT2D eigenvalue weighted by molar-refractivity contribution is 14.2. The van der Waals surface area contributed by atoms with E-state index in [9.17, 15) is 0 Å². The van der Waals surface area contributed by atoms with Gasteiger partial charge in [-0.1, -0.05) is 6.92 Å². The molecule has 0 unspecified atom stereocenters. The van der Waals surface area contributed by atoms with E-state index in [1.807, 2.05) is 22.4 Å². The predicted octanol–water partition coefficient (Wildman–Crippen LogP) is 3.68. The molecule has 0 spiro atoms. The van der Waals surface area contributed by atoms with Gasteiger partial charge in [-0.25, -0.2) is 9.29 Å². The molecule has 0 aliphatic rings. The monoisotopic (exact) mass is 353 g/mol. The number of halogens is 1. The lowest BCUT2D eigenvalue weighted by atomic mass is 10.2. The maximum atomic E-state index is 4.24. The second-order valence-corrected chi connectivity index (χ2v) is 5.89. The molecule has 0 amide bonds. The number of imidazole rings is 1. The van der Waals surface area contributed by atoms with Crippen molar-refractivity contribution in [1.29, 1.82) is 0 Å². The van der Waals surface area contributed by atoms with Crippen LogP contribution in [0.5, 0.6) is 0 Å². The third-order valence-corrected chi connectivity index (χ3v) is 4.83. The molecule has 1 aromatic rings. The molecule has 16 heavy (non-hydrogen) atoms. The molecule has 0 N–H and O–H groups in total. The van der Waals surface area contributed by atoms with Crippen molar-refractivity contribution in [3.8, 4) is 0 Å². The molecule has 1 rings (SSSR count). The Morgan fingerprint density at radius 3 is 2.88 bits per heavy atom. The third-order valence-electron chi connectivity index (χ3n) is 2.59. The van der Waals surface area contributed by atoms with Gasteiger partial charge in [0.15, 0.2) is 0 Å². The number of rotatable bonds is 7. The van der Waals surface area contributed by atoms with Gasteiger partial charge in [0.2, 0.25) is 0 Å². The lowest BCUT2D eigenvalue weighted by Crippen LogP contribution is -2.27. The van der Waals surface area contributed by atoms with E-state index in [0.717, 1.165) is 18.8 Å². The summed E-state index contributed by atoms with van der Waals surface area (Å²) in [5.41, 5.74) is 1.10. The van der Waals surface area contributed by atoms with Crippen molar-refractivity contribution in [2.24, 2.45) is 0 Å². The molecule has 92 valence electrons. The summed E-state index contributed by atoms with van der Waals surface area (Å²) in [7, 11) is 1.82. The van der Waals surface area contributed by atoms with Gasteiger partial charge in [0, 0.05) is 46.5 Å². The Kier molecular flexibility index (Phi) is 6.75.